The predicted octanol–water partition coefficient (Wildman–Crippen LogP) is 3.68. The van der Waals surface area contributed by atoms with Gasteiger partial charge in [-0.3, -0.25) is 0 Å². The molecule has 0 saturated carbocycles. The van der Waals surface area contributed by atoms with Gasteiger partial charge in [0.15, 0.2) is 0 Å². The number of nitrogens with zero attached hydrogens (tertiary/aromatic N) is 1. The smallest absolute Gasteiger partial charge is 0.387 e. The SMILES string of the molecule is CN(Cc1ccc(OC(F)F)cc1)C(=O)NCC1COc2ccccc2C1. The molecule has 0 radical (unpaired) electrons. The van der Waals surface area contributed by atoms with Crippen LogP contribution in [0.1, 0.15) is 11.1 Å². The summed E-state index contributed by atoms with van der Waals surface area (Å²) in [5.74, 6) is 1.23. The van der Waals surface area contributed by atoms with Gasteiger partial charge in [0.1, 0.15) is 11.5 Å². The van der Waals surface area contributed by atoms with Crippen molar-refractivity contribution in [1.82, 2.24) is 10.2 Å². The molecule has 0 aromatic heterocycles. The van der Waals surface area contributed by atoms with Crippen molar-refractivity contribution >= 4 is 6.03 Å². The fraction of sp³-hybridized carbons (Fsp3) is 0.350. The first-order valence-corrected chi connectivity index (χ1v) is 8.74. The van der Waals surface area contributed by atoms with E-state index in [1.807, 2.05) is 24.3 Å². The van der Waals surface area contributed by atoms with E-state index in [4.69, 9.17) is 4.74 Å². The summed E-state index contributed by atoms with van der Waals surface area (Å²) >= 11 is 0. The molecule has 1 aliphatic rings. The summed E-state index contributed by atoms with van der Waals surface area (Å²) in [4.78, 5) is 13.8. The number of carbonyl (C=O) groups is 1. The first kappa shape index (κ1) is 18.9. The van der Waals surface area contributed by atoms with Gasteiger partial charge in [0.05, 0.1) is 6.61 Å². The zero-order chi connectivity index (χ0) is 19.2. The zero-order valence-corrected chi connectivity index (χ0v) is 15.0. The molecule has 3 rings (SSSR count). The third kappa shape index (κ3) is 5.32. The van der Waals surface area contributed by atoms with Crippen molar-refractivity contribution in [2.24, 2.45) is 5.92 Å². The lowest BCUT2D eigenvalue weighted by molar-refractivity contribution is -0.0498. The van der Waals surface area contributed by atoms with Crippen molar-refractivity contribution in [2.45, 2.75) is 19.6 Å². The van der Waals surface area contributed by atoms with Crippen LogP contribution in [0.5, 0.6) is 11.5 Å². The average molecular weight is 376 g/mol. The first-order valence-electron chi connectivity index (χ1n) is 8.74. The highest BCUT2D eigenvalue weighted by molar-refractivity contribution is 5.73. The van der Waals surface area contributed by atoms with E-state index in [9.17, 15) is 13.6 Å². The Balaban J connectivity index is 1.45. The molecule has 5 nitrogen and oxygen atoms in total. The number of amides is 2. The van der Waals surface area contributed by atoms with Crippen LogP contribution in [0.2, 0.25) is 0 Å². The van der Waals surface area contributed by atoms with E-state index >= 15 is 0 Å². The molecule has 2 aromatic rings. The number of carbonyl (C=O) groups excluding carboxylic acids is 1. The maximum Gasteiger partial charge on any atom is 0.387 e. The number of halogens is 2. The van der Waals surface area contributed by atoms with E-state index in [0.717, 1.165) is 23.3 Å². The van der Waals surface area contributed by atoms with Crippen LogP contribution in [0.4, 0.5) is 13.6 Å². The molecule has 7 heteroatoms. The zero-order valence-electron chi connectivity index (χ0n) is 15.0. The van der Waals surface area contributed by atoms with Crippen LogP contribution < -0.4 is 14.8 Å². The second-order valence-electron chi connectivity index (χ2n) is 6.55. The maximum absolute atomic E-state index is 12.3. The van der Waals surface area contributed by atoms with Crippen LogP contribution in [-0.4, -0.2) is 37.7 Å². The summed E-state index contributed by atoms with van der Waals surface area (Å²) in [5, 5.41) is 2.92. The minimum atomic E-state index is -2.85. The van der Waals surface area contributed by atoms with Crippen molar-refractivity contribution in [3.63, 3.8) is 0 Å². The van der Waals surface area contributed by atoms with Gasteiger partial charge in [-0.15, -0.1) is 0 Å². The van der Waals surface area contributed by atoms with Gasteiger partial charge in [0.2, 0.25) is 0 Å². The van der Waals surface area contributed by atoms with Crippen LogP contribution in [0.25, 0.3) is 0 Å². The van der Waals surface area contributed by atoms with Crippen molar-refractivity contribution in [1.29, 1.82) is 0 Å². The standard InChI is InChI=1S/C20H22F2N2O3/c1-24(12-14-6-8-17(9-7-14)27-19(21)22)20(25)23-11-15-10-16-4-2-3-5-18(16)26-13-15/h2-9,15,19H,10-13H2,1H3,(H,23,25). The van der Waals surface area contributed by atoms with Crippen molar-refractivity contribution < 1.29 is 23.0 Å². The van der Waals surface area contributed by atoms with Gasteiger partial charge >= 0.3 is 12.6 Å². The van der Waals surface area contributed by atoms with Crippen molar-refractivity contribution in [2.75, 3.05) is 20.2 Å². The highest BCUT2D eigenvalue weighted by Crippen LogP contribution is 2.26. The van der Waals surface area contributed by atoms with Crippen molar-refractivity contribution in [3.05, 3.63) is 59.7 Å². The summed E-state index contributed by atoms with van der Waals surface area (Å²) in [5.41, 5.74) is 1.98. The van der Waals surface area contributed by atoms with E-state index in [1.165, 1.54) is 12.1 Å². The largest absolute Gasteiger partial charge is 0.493 e. The predicted molar refractivity (Wildman–Crippen MR) is 97.1 cm³/mol. The third-order valence-corrected chi connectivity index (χ3v) is 4.41. The highest BCUT2D eigenvalue weighted by atomic mass is 19.3. The van der Waals surface area contributed by atoms with Crippen LogP contribution in [0.3, 0.4) is 0 Å². The molecule has 1 aliphatic heterocycles. The highest BCUT2D eigenvalue weighted by Gasteiger charge is 2.20. The van der Waals surface area contributed by atoms with Crippen molar-refractivity contribution in [3.8, 4) is 11.5 Å². The molecular weight excluding hydrogens is 354 g/mol. The van der Waals surface area contributed by atoms with E-state index in [-0.39, 0.29) is 17.7 Å². The number of hydrogen-bond acceptors (Lipinski definition) is 3. The Morgan fingerprint density at radius 3 is 2.74 bits per heavy atom. The van der Waals surface area contributed by atoms with Gasteiger partial charge in [0, 0.05) is 26.1 Å². The topological polar surface area (TPSA) is 50.8 Å². The molecule has 1 atom stereocenters. The van der Waals surface area contributed by atoms with Gasteiger partial charge in [-0.05, 0) is 35.7 Å². The molecule has 0 fully saturated rings. The Morgan fingerprint density at radius 1 is 1.26 bits per heavy atom. The molecule has 0 aliphatic carbocycles. The van der Waals surface area contributed by atoms with Crippen LogP contribution in [0, 0.1) is 5.92 Å². The summed E-state index contributed by atoms with van der Waals surface area (Å²) in [6, 6.07) is 14.0. The Labute approximate surface area is 156 Å². The van der Waals surface area contributed by atoms with Crippen LogP contribution >= 0.6 is 0 Å². The molecule has 0 spiro atoms. The fourth-order valence-electron chi connectivity index (χ4n) is 3.01. The van der Waals surface area contributed by atoms with Crippen LogP contribution in [-0.2, 0) is 13.0 Å². The Hall–Kier alpha value is -2.83. The van der Waals surface area contributed by atoms with Gasteiger partial charge in [-0.2, -0.15) is 8.78 Å². The lowest BCUT2D eigenvalue weighted by Gasteiger charge is -2.26. The monoisotopic (exact) mass is 376 g/mol. The molecule has 144 valence electrons. The second kappa shape index (κ2) is 8.70. The number of alkyl halides is 2. The number of nitrogens with one attached hydrogen (secondary N) is 1. The molecular formula is C20H22F2N2O3. The van der Waals surface area contributed by atoms with Crippen LogP contribution in [0.15, 0.2) is 48.5 Å². The lowest BCUT2D eigenvalue weighted by Crippen LogP contribution is -2.41. The number of para-hydroxylation sites is 1. The quantitative estimate of drug-likeness (QED) is 0.837. The third-order valence-electron chi connectivity index (χ3n) is 4.41. The molecule has 2 aromatic carbocycles. The summed E-state index contributed by atoms with van der Waals surface area (Å²) in [7, 11) is 1.69. The number of rotatable bonds is 6. The van der Waals surface area contributed by atoms with Gasteiger partial charge in [0.25, 0.3) is 0 Å². The molecule has 27 heavy (non-hydrogen) atoms. The normalized spacial score (nSPS) is 15.6. The van der Waals surface area contributed by atoms with E-state index < -0.39 is 6.61 Å². The molecule has 2 amide bonds. The number of ether oxygens (including phenoxy) is 2. The number of hydrogen-bond donors (Lipinski definition) is 1. The minimum Gasteiger partial charge on any atom is -0.493 e. The minimum absolute atomic E-state index is 0.0958. The van der Waals surface area contributed by atoms with E-state index in [2.05, 4.69) is 10.1 Å². The Kier molecular flexibility index (Phi) is 6.11. The molecule has 0 saturated heterocycles. The number of urea groups is 1. The molecule has 1 unspecified atom stereocenters. The average Bonchev–Trinajstić information content (AvgIpc) is 2.67. The Bertz CT molecular complexity index is 768. The van der Waals surface area contributed by atoms with E-state index in [1.54, 1.807) is 24.1 Å². The fourth-order valence-corrected chi connectivity index (χ4v) is 3.01. The Morgan fingerprint density at radius 2 is 2.00 bits per heavy atom. The lowest BCUT2D eigenvalue weighted by atomic mass is 9.97. The summed E-state index contributed by atoms with van der Waals surface area (Å²) in [6.45, 7) is -1.38. The molecule has 1 heterocycles. The molecule has 1 N–H and O–H groups in total. The second-order valence-corrected chi connectivity index (χ2v) is 6.55. The van der Waals surface area contributed by atoms with Gasteiger partial charge in [-0.1, -0.05) is 30.3 Å². The molecule has 0 bridgehead atoms. The van der Waals surface area contributed by atoms with E-state index in [0.29, 0.717) is 19.7 Å². The number of fused-ring (bicyclic) bond motifs is 1. The van der Waals surface area contributed by atoms with Gasteiger partial charge in [-0.25, -0.2) is 4.79 Å². The summed E-state index contributed by atoms with van der Waals surface area (Å²) < 4.78 is 34.4. The maximum atomic E-state index is 12.3. The van der Waals surface area contributed by atoms with Gasteiger partial charge < -0.3 is 19.7 Å². The first-order chi connectivity index (χ1) is 13.0. The summed E-state index contributed by atoms with van der Waals surface area (Å²) in [6.07, 6.45) is 0.867. The number of benzene rings is 2.